The van der Waals surface area contributed by atoms with E-state index in [1.54, 1.807) is 41.0 Å². The number of para-hydroxylation sites is 1. The van der Waals surface area contributed by atoms with Gasteiger partial charge in [-0.25, -0.2) is 13.2 Å². The Morgan fingerprint density at radius 3 is 2.25 bits per heavy atom. The molecule has 0 atom stereocenters. The predicted octanol–water partition coefficient (Wildman–Crippen LogP) is 3.98. The van der Waals surface area contributed by atoms with E-state index in [0.29, 0.717) is 16.5 Å². The molecule has 1 amide bonds. The lowest BCUT2D eigenvalue weighted by Gasteiger charge is -2.11. The number of sulfone groups is 1. The molecule has 0 radical (unpaired) electrons. The topological polar surface area (TPSA) is 131 Å². The molecule has 3 aromatic carbocycles. The van der Waals surface area contributed by atoms with E-state index in [2.05, 4.69) is 15.5 Å². The number of benzene rings is 3. The summed E-state index contributed by atoms with van der Waals surface area (Å²) in [5.74, 6) is -1.53. The molecule has 1 heterocycles. The van der Waals surface area contributed by atoms with Crippen molar-refractivity contribution in [1.82, 2.24) is 14.8 Å². The molecule has 11 heteroatoms. The number of amides is 1. The molecule has 0 saturated carbocycles. The van der Waals surface area contributed by atoms with Crippen LogP contribution in [-0.4, -0.2) is 45.9 Å². The lowest BCUT2D eigenvalue weighted by molar-refractivity contribution is -0.113. The fourth-order valence-electron chi connectivity index (χ4n) is 3.35. The van der Waals surface area contributed by atoms with Crippen LogP contribution in [0, 0.1) is 6.92 Å². The van der Waals surface area contributed by atoms with Gasteiger partial charge in [-0.05, 0) is 55.5 Å². The highest BCUT2D eigenvalue weighted by molar-refractivity contribution is 7.99. The summed E-state index contributed by atoms with van der Waals surface area (Å²) in [6.45, 7) is 1.88. The number of aromatic nitrogens is 3. The number of hydrogen-bond donors (Lipinski definition) is 2. The van der Waals surface area contributed by atoms with Gasteiger partial charge in [0.25, 0.3) is 0 Å². The van der Waals surface area contributed by atoms with Gasteiger partial charge in [0.2, 0.25) is 5.91 Å². The molecule has 0 fully saturated rings. The number of carboxylic acids is 1. The Bertz CT molecular complexity index is 1480. The van der Waals surface area contributed by atoms with E-state index >= 15 is 0 Å². The van der Waals surface area contributed by atoms with Crippen LogP contribution >= 0.6 is 11.8 Å². The van der Waals surface area contributed by atoms with Crippen LogP contribution in [0.2, 0.25) is 0 Å². The fraction of sp³-hybridized carbons (Fsp3) is 0.120. The third kappa shape index (κ3) is 5.99. The van der Waals surface area contributed by atoms with Crippen molar-refractivity contribution in [2.45, 2.75) is 22.7 Å². The largest absolute Gasteiger partial charge is 0.478 e. The SMILES string of the molecule is Cc1ccc(S(=O)(=O)Cc2nnc(SCC(=O)Nc3ccc(C(=O)O)cc3)n2-c2ccccc2)cc1. The van der Waals surface area contributed by atoms with Crippen molar-refractivity contribution in [2.75, 3.05) is 11.1 Å². The van der Waals surface area contributed by atoms with Crippen LogP contribution in [0.3, 0.4) is 0 Å². The van der Waals surface area contributed by atoms with Crippen molar-refractivity contribution in [3.63, 3.8) is 0 Å². The summed E-state index contributed by atoms with van der Waals surface area (Å²) in [6, 6.07) is 21.5. The molecule has 0 bridgehead atoms. The third-order valence-electron chi connectivity index (χ3n) is 5.16. The summed E-state index contributed by atoms with van der Waals surface area (Å²) >= 11 is 1.11. The van der Waals surface area contributed by atoms with E-state index in [-0.39, 0.29) is 33.7 Å². The summed E-state index contributed by atoms with van der Waals surface area (Å²) in [6.07, 6.45) is 0. The second-order valence-corrected chi connectivity index (χ2v) is 10.8. The maximum Gasteiger partial charge on any atom is 0.335 e. The van der Waals surface area contributed by atoms with Gasteiger partial charge in [0.05, 0.1) is 16.2 Å². The minimum absolute atomic E-state index is 0.0175. The number of nitrogens with one attached hydrogen (secondary N) is 1. The predicted molar refractivity (Wildman–Crippen MR) is 136 cm³/mol. The second kappa shape index (κ2) is 10.8. The summed E-state index contributed by atoms with van der Waals surface area (Å²) in [5, 5.41) is 20.4. The Labute approximate surface area is 212 Å². The van der Waals surface area contributed by atoms with E-state index in [4.69, 9.17) is 5.11 Å². The molecule has 0 aliphatic carbocycles. The normalized spacial score (nSPS) is 11.2. The zero-order valence-corrected chi connectivity index (χ0v) is 20.8. The first kappa shape index (κ1) is 25.1. The number of rotatable bonds is 9. The first-order chi connectivity index (χ1) is 17.2. The minimum atomic E-state index is -3.68. The summed E-state index contributed by atoms with van der Waals surface area (Å²) in [5.41, 5.74) is 2.20. The number of aromatic carboxylic acids is 1. The van der Waals surface area contributed by atoms with Crippen LogP contribution < -0.4 is 5.32 Å². The molecule has 184 valence electrons. The molecule has 36 heavy (non-hydrogen) atoms. The van der Waals surface area contributed by atoms with E-state index in [1.807, 2.05) is 25.1 Å². The van der Waals surface area contributed by atoms with Crippen molar-refractivity contribution in [2.24, 2.45) is 0 Å². The highest BCUT2D eigenvalue weighted by atomic mass is 32.2. The van der Waals surface area contributed by atoms with Crippen LogP contribution in [0.5, 0.6) is 0 Å². The zero-order chi connectivity index (χ0) is 25.7. The maximum absolute atomic E-state index is 13.1. The smallest absolute Gasteiger partial charge is 0.335 e. The number of thioether (sulfide) groups is 1. The Hall–Kier alpha value is -3.96. The van der Waals surface area contributed by atoms with Crippen LogP contribution in [-0.2, 0) is 20.4 Å². The van der Waals surface area contributed by atoms with E-state index in [1.165, 1.54) is 24.3 Å². The van der Waals surface area contributed by atoms with Crippen LogP contribution in [0.15, 0.2) is 88.9 Å². The number of carbonyl (C=O) groups excluding carboxylic acids is 1. The molecule has 0 aliphatic heterocycles. The third-order valence-corrected chi connectivity index (χ3v) is 7.72. The first-order valence-corrected chi connectivity index (χ1v) is 13.4. The Kier molecular flexibility index (Phi) is 7.51. The number of aryl methyl sites for hydroxylation is 1. The maximum atomic E-state index is 13.1. The van der Waals surface area contributed by atoms with E-state index in [9.17, 15) is 18.0 Å². The van der Waals surface area contributed by atoms with E-state index < -0.39 is 15.8 Å². The monoisotopic (exact) mass is 522 g/mol. The molecule has 0 aliphatic rings. The van der Waals surface area contributed by atoms with Gasteiger partial charge < -0.3 is 10.4 Å². The number of nitrogens with zero attached hydrogens (tertiary/aromatic N) is 3. The molecular weight excluding hydrogens is 500 g/mol. The lowest BCUT2D eigenvalue weighted by Crippen LogP contribution is -2.15. The molecule has 0 spiro atoms. The fourth-order valence-corrected chi connectivity index (χ4v) is 5.36. The number of anilines is 1. The molecule has 2 N–H and O–H groups in total. The van der Waals surface area contributed by atoms with Crippen molar-refractivity contribution in [1.29, 1.82) is 0 Å². The minimum Gasteiger partial charge on any atom is -0.478 e. The number of carbonyl (C=O) groups is 2. The molecule has 1 aromatic heterocycles. The van der Waals surface area contributed by atoms with Crippen LogP contribution in [0.25, 0.3) is 5.69 Å². The lowest BCUT2D eigenvalue weighted by atomic mass is 10.2. The molecule has 9 nitrogen and oxygen atoms in total. The molecular formula is C25H22N4O5S2. The van der Waals surface area contributed by atoms with Gasteiger partial charge in [-0.3, -0.25) is 9.36 Å². The number of carboxylic acid groups (broad SMARTS) is 1. The van der Waals surface area contributed by atoms with Gasteiger partial charge >= 0.3 is 5.97 Å². The molecule has 4 aromatic rings. The Morgan fingerprint density at radius 1 is 0.944 bits per heavy atom. The van der Waals surface area contributed by atoms with Crippen molar-refractivity contribution in [3.05, 3.63) is 95.8 Å². The molecule has 0 saturated heterocycles. The molecule has 0 unspecified atom stereocenters. The number of hydrogen-bond acceptors (Lipinski definition) is 7. The Balaban J connectivity index is 1.54. The van der Waals surface area contributed by atoms with Crippen molar-refractivity contribution in [3.8, 4) is 5.69 Å². The average Bonchev–Trinajstić information content (AvgIpc) is 3.25. The standard InChI is InChI=1S/C25H22N4O5S2/c1-17-7-13-21(14-8-17)36(33,34)16-22-27-28-25(29(22)20-5-3-2-4-6-20)35-15-23(30)26-19-11-9-18(10-12-19)24(31)32/h2-14H,15-16H2,1H3,(H,26,30)(H,31,32). The van der Waals surface area contributed by atoms with Gasteiger partial charge in [0.15, 0.2) is 20.8 Å². The van der Waals surface area contributed by atoms with Gasteiger partial charge in [-0.15, -0.1) is 10.2 Å². The summed E-state index contributed by atoms with van der Waals surface area (Å²) in [4.78, 5) is 23.7. The van der Waals surface area contributed by atoms with Gasteiger partial charge in [-0.1, -0.05) is 47.7 Å². The quantitative estimate of drug-likeness (QED) is 0.316. The summed E-state index contributed by atoms with van der Waals surface area (Å²) < 4.78 is 27.7. The highest BCUT2D eigenvalue weighted by Crippen LogP contribution is 2.25. The highest BCUT2D eigenvalue weighted by Gasteiger charge is 2.23. The second-order valence-electron chi connectivity index (χ2n) is 7.86. The van der Waals surface area contributed by atoms with E-state index in [0.717, 1.165) is 17.3 Å². The summed E-state index contributed by atoms with van der Waals surface area (Å²) in [7, 11) is -3.68. The van der Waals surface area contributed by atoms with Crippen molar-refractivity contribution >= 4 is 39.2 Å². The van der Waals surface area contributed by atoms with Gasteiger partial charge in [0.1, 0.15) is 5.75 Å². The van der Waals surface area contributed by atoms with Gasteiger partial charge in [-0.2, -0.15) is 0 Å². The van der Waals surface area contributed by atoms with Gasteiger partial charge in [0, 0.05) is 11.4 Å². The zero-order valence-electron chi connectivity index (χ0n) is 19.2. The van der Waals surface area contributed by atoms with Crippen LogP contribution in [0.4, 0.5) is 5.69 Å². The Morgan fingerprint density at radius 2 is 1.61 bits per heavy atom. The first-order valence-electron chi connectivity index (χ1n) is 10.8. The van der Waals surface area contributed by atoms with Crippen molar-refractivity contribution < 1.29 is 23.1 Å². The van der Waals surface area contributed by atoms with Crippen LogP contribution in [0.1, 0.15) is 21.7 Å². The average molecular weight is 523 g/mol. The molecule has 4 rings (SSSR count).